The SMILES string of the molecule is CC1CCCC(C)N1NC(=O)C1CCCC1N. The highest BCUT2D eigenvalue weighted by atomic mass is 16.2. The Hall–Kier alpha value is -0.610. The Balaban J connectivity index is 1.92. The average molecular weight is 239 g/mol. The van der Waals surface area contributed by atoms with Crippen LogP contribution in [0.2, 0.25) is 0 Å². The molecular formula is C13H25N3O. The summed E-state index contributed by atoms with van der Waals surface area (Å²) in [7, 11) is 0. The molecule has 0 radical (unpaired) electrons. The van der Waals surface area contributed by atoms with Crippen molar-refractivity contribution in [2.75, 3.05) is 0 Å². The first kappa shape index (κ1) is 12.8. The van der Waals surface area contributed by atoms with Gasteiger partial charge in [0.2, 0.25) is 5.91 Å². The Labute approximate surface area is 104 Å². The maximum Gasteiger partial charge on any atom is 0.238 e. The Morgan fingerprint density at radius 3 is 2.24 bits per heavy atom. The molecule has 98 valence electrons. The van der Waals surface area contributed by atoms with Crippen molar-refractivity contribution >= 4 is 5.91 Å². The molecule has 1 saturated carbocycles. The van der Waals surface area contributed by atoms with Gasteiger partial charge in [-0.15, -0.1) is 0 Å². The topological polar surface area (TPSA) is 58.4 Å². The highest BCUT2D eigenvalue weighted by molar-refractivity contribution is 5.79. The number of hydrogen-bond donors (Lipinski definition) is 2. The molecule has 4 heteroatoms. The van der Waals surface area contributed by atoms with Gasteiger partial charge in [0.05, 0.1) is 5.92 Å². The molecule has 4 atom stereocenters. The van der Waals surface area contributed by atoms with Gasteiger partial charge in [-0.3, -0.25) is 10.2 Å². The van der Waals surface area contributed by atoms with Gasteiger partial charge >= 0.3 is 0 Å². The Morgan fingerprint density at radius 1 is 1.12 bits per heavy atom. The van der Waals surface area contributed by atoms with E-state index in [2.05, 4.69) is 24.3 Å². The molecule has 1 saturated heterocycles. The second-order valence-corrected chi connectivity index (χ2v) is 5.71. The fourth-order valence-corrected chi connectivity index (χ4v) is 3.17. The largest absolute Gasteiger partial charge is 0.327 e. The zero-order valence-electron chi connectivity index (χ0n) is 11.0. The third kappa shape index (κ3) is 2.80. The number of carbonyl (C=O) groups excluding carboxylic acids is 1. The monoisotopic (exact) mass is 239 g/mol. The quantitative estimate of drug-likeness (QED) is 0.766. The van der Waals surface area contributed by atoms with E-state index >= 15 is 0 Å². The van der Waals surface area contributed by atoms with Crippen molar-refractivity contribution in [3.05, 3.63) is 0 Å². The number of carbonyl (C=O) groups is 1. The lowest BCUT2D eigenvalue weighted by molar-refractivity contribution is -0.133. The fraction of sp³-hybridized carbons (Fsp3) is 0.923. The smallest absolute Gasteiger partial charge is 0.238 e. The first-order chi connectivity index (χ1) is 8.09. The first-order valence-corrected chi connectivity index (χ1v) is 6.94. The zero-order chi connectivity index (χ0) is 12.4. The van der Waals surface area contributed by atoms with Crippen LogP contribution in [0.3, 0.4) is 0 Å². The Bertz CT molecular complexity index is 272. The fourth-order valence-electron chi connectivity index (χ4n) is 3.17. The van der Waals surface area contributed by atoms with Crippen LogP contribution in [0.1, 0.15) is 52.4 Å². The molecule has 1 aliphatic carbocycles. The van der Waals surface area contributed by atoms with E-state index in [4.69, 9.17) is 5.73 Å². The summed E-state index contributed by atoms with van der Waals surface area (Å²) in [5.41, 5.74) is 9.08. The lowest BCUT2D eigenvalue weighted by Gasteiger charge is -2.39. The first-order valence-electron chi connectivity index (χ1n) is 6.94. The van der Waals surface area contributed by atoms with Crippen LogP contribution in [0.5, 0.6) is 0 Å². The van der Waals surface area contributed by atoms with Crippen LogP contribution < -0.4 is 11.2 Å². The van der Waals surface area contributed by atoms with Gasteiger partial charge in [-0.25, -0.2) is 5.01 Å². The van der Waals surface area contributed by atoms with Crippen molar-refractivity contribution < 1.29 is 4.79 Å². The summed E-state index contributed by atoms with van der Waals surface area (Å²) >= 11 is 0. The summed E-state index contributed by atoms with van der Waals surface area (Å²) < 4.78 is 0. The summed E-state index contributed by atoms with van der Waals surface area (Å²) in [6, 6.07) is 0.950. The normalized spacial score (nSPS) is 39.2. The predicted octanol–water partition coefficient (Wildman–Crippen LogP) is 1.41. The molecule has 4 unspecified atom stereocenters. The molecule has 1 amide bonds. The molecule has 2 aliphatic rings. The van der Waals surface area contributed by atoms with Gasteiger partial charge in [-0.1, -0.05) is 12.8 Å². The zero-order valence-corrected chi connectivity index (χ0v) is 11.0. The Morgan fingerprint density at radius 2 is 1.71 bits per heavy atom. The number of hydrazine groups is 1. The van der Waals surface area contributed by atoms with Gasteiger partial charge in [0.1, 0.15) is 0 Å². The van der Waals surface area contributed by atoms with Gasteiger partial charge in [0, 0.05) is 18.1 Å². The van der Waals surface area contributed by atoms with Crippen molar-refractivity contribution in [3.8, 4) is 0 Å². The van der Waals surface area contributed by atoms with E-state index < -0.39 is 0 Å². The Kier molecular flexibility index (Phi) is 4.05. The molecule has 3 N–H and O–H groups in total. The molecule has 0 aromatic carbocycles. The molecular weight excluding hydrogens is 214 g/mol. The second-order valence-electron chi connectivity index (χ2n) is 5.71. The van der Waals surface area contributed by atoms with Crippen molar-refractivity contribution in [2.45, 2.75) is 70.5 Å². The van der Waals surface area contributed by atoms with Crippen molar-refractivity contribution in [2.24, 2.45) is 11.7 Å². The number of piperidine rings is 1. The summed E-state index contributed by atoms with van der Waals surface area (Å²) in [5, 5.41) is 2.14. The summed E-state index contributed by atoms with van der Waals surface area (Å²) in [6.07, 6.45) is 6.62. The minimum atomic E-state index is 0.0244. The highest BCUT2D eigenvalue weighted by Gasteiger charge is 2.33. The minimum absolute atomic E-state index is 0.0244. The summed E-state index contributed by atoms with van der Waals surface area (Å²) in [6.45, 7) is 4.37. The van der Waals surface area contributed by atoms with Crippen LogP contribution in [0.15, 0.2) is 0 Å². The third-order valence-electron chi connectivity index (χ3n) is 4.34. The molecule has 1 aliphatic heterocycles. The van der Waals surface area contributed by atoms with Crippen LogP contribution in [0.4, 0.5) is 0 Å². The maximum absolute atomic E-state index is 12.2. The molecule has 0 spiro atoms. The number of rotatable bonds is 2. The molecule has 2 fully saturated rings. The van der Waals surface area contributed by atoms with Gasteiger partial charge in [0.25, 0.3) is 0 Å². The summed E-state index contributed by atoms with van der Waals surface area (Å²) in [4.78, 5) is 12.2. The molecule has 2 rings (SSSR count). The summed E-state index contributed by atoms with van der Waals surface area (Å²) in [5.74, 6) is 0.159. The second kappa shape index (κ2) is 5.36. The number of nitrogens with zero attached hydrogens (tertiary/aromatic N) is 1. The van der Waals surface area contributed by atoms with Crippen LogP contribution in [-0.2, 0) is 4.79 Å². The minimum Gasteiger partial charge on any atom is -0.327 e. The molecule has 0 bridgehead atoms. The van der Waals surface area contributed by atoms with Crippen LogP contribution in [-0.4, -0.2) is 29.0 Å². The molecule has 0 aromatic rings. The predicted molar refractivity (Wildman–Crippen MR) is 68.1 cm³/mol. The molecule has 1 heterocycles. The lowest BCUT2D eigenvalue weighted by atomic mass is 9.99. The van der Waals surface area contributed by atoms with E-state index in [9.17, 15) is 4.79 Å². The van der Waals surface area contributed by atoms with E-state index in [0.717, 1.165) is 19.3 Å². The highest BCUT2D eigenvalue weighted by Crippen LogP contribution is 2.25. The van der Waals surface area contributed by atoms with Crippen molar-refractivity contribution in [1.82, 2.24) is 10.4 Å². The van der Waals surface area contributed by atoms with Crippen molar-refractivity contribution in [1.29, 1.82) is 0 Å². The molecule has 17 heavy (non-hydrogen) atoms. The van der Waals surface area contributed by atoms with Gasteiger partial charge in [-0.2, -0.15) is 0 Å². The molecule has 0 aromatic heterocycles. The van der Waals surface area contributed by atoms with E-state index in [0.29, 0.717) is 12.1 Å². The van der Waals surface area contributed by atoms with Crippen LogP contribution in [0, 0.1) is 5.92 Å². The van der Waals surface area contributed by atoms with E-state index in [-0.39, 0.29) is 17.9 Å². The maximum atomic E-state index is 12.2. The van der Waals surface area contributed by atoms with E-state index in [1.807, 2.05) is 0 Å². The van der Waals surface area contributed by atoms with Crippen LogP contribution >= 0.6 is 0 Å². The number of nitrogens with two attached hydrogens (primary N) is 1. The van der Waals surface area contributed by atoms with Gasteiger partial charge in [0.15, 0.2) is 0 Å². The van der Waals surface area contributed by atoms with Gasteiger partial charge in [-0.05, 0) is 39.5 Å². The van der Waals surface area contributed by atoms with Crippen molar-refractivity contribution in [3.63, 3.8) is 0 Å². The van der Waals surface area contributed by atoms with Gasteiger partial charge < -0.3 is 5.73 Å². The standard InChI is InChI=1S/C13H25N3O/c1-9-5-3-6-10(2)16(9)15-13(17)11-7-4-8-12(11)14/h9-12H,3-8,14H2,1-2H3,(H,15,17). The third-order valence-corrected chi connectivity index (χ3v) is 4.34. The van der Waals surface area contributed by atoms with Crippen LogP contribution in [0.25, 0.3) is 0 Å². The van der Waals surface area contributed by atoms with E-state index in [1.54, 1.807) is 0 Å². The number of amides is 1. The van der Waals surface area contributed by atoms with E-state index in [1.165, 1.54) is 19.3 Å². The average Bonchev–Trinajstić information content (AvgIpc) is 2.70. The number of hydrogen-bond acceptors (Lipinski definition) is 3. The lowest BCUT2D eigenvalue weighted by Crippen LogP contribution is -2.56. The number of nitrogens with one attached hydrogen (secondary N) is 1. The molecule has 4 nitrogen and oxygen atoms in total.